The summed E-state index contributed by atoms with van der Waals surface area (Å²) in [5.74, 6) is -0.491. The lowest BCUT2D eigenvalue weighted by Crippen LogP contribution is -2.37. The molecule has 1 heterocycles. The minimum Gasteiger partial charge on any atom is -0.467 e. The van der Waals surface area contributed by atoms with Gasteiger partial charge in [-0.1, -0.05) is 23.7 Å². The Morgan fingerprint density at radius 3 is 2.32 bits per heavy atom. The monoisotopic (exact) mass is 387 g/mol. The van der Waals surface area contributed by atoms with Gasteiger partial charge in [0.2, 0.25) is 5.96 Å². The number of nitrogens with one attached hydrogen (secondary N) is 2. The number of halogens is 1. The summed E-state index contributed by atoms with van der Waals surface area (Å²) in [7, 11) is -1.38. The fourth-order valence-corrected chi connectivity index (χ4v) is 2.95. The summed E-state index contributed by atoms with van der Waals surface area (Å²) >= 11 is 5.85. The minimum atomic E-state index is -4.09. The predicted molar refractivity (Wildman–Crippen MR) is 89.9 cm³/mol. The summed E-state index contributed by atoms with van der Waals surface area (Å²) in [6.45, 7) is 0. The average molecular weight is 388 g/mol. The highest BCUT2D eigenvalue weighted by atomic mass is 35.5. The van der Waals surface area contributed by atoms with Gasteiger partial charge in [0, 0.05) is 0 Å². The lowest BCUT2D eigenvalue weighted by atomic mass is 10.4. The topological polar surface area (TPSA) is 154 Å². The van der Waals surface area contributed by atoms with Crippen molar-refractivity contribution in [1.29, 1.82) is 0 Å². The second-order valence-electron chi connectivity index (χ2n) is 4.26. The van der Waals surface area contributed by atoms with Gasteiger partial charge in [-0.05, 0) is 12.1 Å². The first-order chi connectivity index (χ1) is 11.9. The van der Waals surface area contributed by atoms with Gasteiger partial charge < -0.3 is 15.2 Å². The summed E-state index contributed by atoms with van der Waals surface area (Å²) in [4.78, 5) is 11.3. The van der Waals surface area contributed by atoms with Crippen molar-refractivity contribution in [2.24, 2.45) is 10.1 Å². The second kappa shape index (κ2) is 7.81. The van der Waals surface area contributed by atoms with Crippen LogP contribution in [0.25, 0.3) is 0 Å². The largest absolute Gasteiger partial charge is 0.467 e. The fourth-order valence-electron chi connectivity index (χ4n) is 1.55. The smallest absolute Gasteiger partial charge is 0.324 e. The number of benzene rings is 1. The molecule has 0 unspecified atom stereocenters. The van der Waals surface area contributed by atoms with Gasteiger partial charge in [-0.15, -0.1) is 9.38 Å². The Balaban J connectivity index is 2.16. The Morgan fingerprint density at radius 2 is 1.76 bits per heavy atom. The molecule has 2 rings (SSSR count). The standard InChI is InChI=1S/C12H14ClN7O4S/c1-23-11-15-10(16-12(17-11)24-2)19-18-9(14)20-25(21,22)8-6-4-3-5-7(8)13/h3-6H,1-2H3,(H3,14,18,20)(H,15,16,17,19). The van der Waals surface area contributed by atoms with E-state index in [2.05, 4.69) is 30.2 Å². The van der Waals surface area contributed by atoms with Crippen LogP contribution in [0.15, 0.2) is 33.6 Å². The second-order valence-corrected chi connectivity index (χ2v) is 6.24. The highest BCUT2D eigenvalue weighted by Gasteiger charge is 2.17. The first kappa shape index (κ1) is 18.5. The number of methoxy groups -OCH3 is 2. The number of nitrogens with two attached hydrogens (primary N) is 1. The van der Waals surface area contributed by atoms with Gasteiger partial charge in [0.25, 0.3) is 16.0 Å². The third-order valence-corrected chi connectivity index (χ3v) is 4.39. The molecule has 1 aromatic heterocycles. The molecule has 11 nitrogen and oxygen atoms in total. The molecule has 4 N–H and O–H groups in total. The number of rotatable bonds is 6. The maximum Gasteiger partial charge on any atom is 0.324 e. The molecule has 0 aliphatic carbocycles. The molecule has 0 aliphatic rings. The Kier molecular flexibility index (Phi) is 5.77. The number of guanidine groups is 1. The minimum absolute atomic E-state index is 0.0182. The average Bonchev–Trinajstić information content (AvgIpc) is 2.59. The quantitative estimate of drug-likeness (QED) is 0.354. The molecule has 0 radical (unpaired) electrons. The van der Waals surface area contributed by atoms with Crippen LogP contribution in [-0.4, -0.2) is 43.5 Å². The fraction of sp³-hybridized carbons (Fsp3) is 0.167. The summed E-state index contributed by atoms with van der Waals surface area (Å²) in [6, 6.07) is 5.80. The predicted octanol–water partition coefficient (Wildman–Crippen LogP) is 0.162. The van der Waals surface area contributed by atoms with E-state index in [1.807, 2.05) is 0 Å². The van der Waals surface area contributed by atoms with Gasteiger partial charge in [-0.25, -0.2) is 0 Å². The summed E-state index contributed by atoms with van der Waals surface area (Å²) in [5.41, 5.74) is 10.4. The molecule has 0 amide bonds. The molecule has 0 saturated heterocycles. The molecule has 25 heavy (non-hydrogen) atoms. The van der Waals surface area contributed by atoms with Crippen molar-refractivity contribution in [3.63, 3.8) is 0 Å². The maximum absolute atomic E-state index is 12.2. The van der Waals surface area contributed by atoms with E-state index in [1.165, 1.54) is 32.4 Å². The first-order valence-electron chi connectivity index (χ1n) is 6.57. The van der Waals surface area contributed by atoms with Crippen LogP contribution in [0.3, 0.4) is 0 Å². The number of hydrogen-bond acceptors (Lipinski definition) is 8. The van der Waals surface area contributed by atoms with Crippen LogP contribution in [0.5, 0.6) is 12.0 Å². The summed E-state index contributed by atoms with van der Waals surface area (Å²) in [5, 5.41) is 0.0268. The molecular weight excluding hydrogens is 374 g/mol. The Labute approximate surface area is 148 Å². The molecule has 0 spiro atoms. The highest BCUT2D eigenvalue weighted by Crippen LogP contribution is 2.22. The molecule has 134 valence electrons. The van der Waals surface area contributed by atoms with Crippen LogP contribution in [0.2, 0.25) is 5.02 Å². The molecule has 0 bridgehead atoms. The number of hydrazine groups is 1. The lowest BCUT2D eigenvalue weighted by molar-refractivity contribution is 0.341. The van der Waals surface area contributed by atoms with E-state index >= 15 is 0 Å². The van der Waals surface area contributed by atoms with Crippen LogP contribution in [0.4, 0.5) is 5.95 Å². The molecule has 0 fully saturated rings. The van der Waals surface area contributed by atoms with Crippen molar-refractivity contribution in [3.05, 3.63) is 29.3 Å². The Hall–Kier alpha value is -2.86. The van der Waals surface area contributed by atoms with Crippen LogP contribution >= 0.6 is 11.6 Å². The number of aromatic nitrogens is 3. The van der Waals surface area contributed by atoms with Crippen LogP contribution in [-0.2, 0) is 10.0 Å². The number of anilines is 1. The van der Waals surface area contributed by atoms with Gasteiger partial charge in [-0.3, -0.25) is 10.9 Å². The van der Waals surface area contributed by atoms with Crippen molar-refractivity contribution in [3.8, 4) is 12.0 Å². The summed E-state index contributed by atoms with van der Waals surface area (Å²) < 4.78 is 37.5. The number of sulfonamides is 1. The lowest BCUT2D eigenvalue weighted by Gasteiger charge is -2.09. The van der Waals surface area contributed by atoms with Gasteiger partial charge >= 0.3 is 12.0 Å². The zero-order chi connectivity index (χ0) is 18.4. The third kappa shape index (κ3) is 4.81. The van der Waals surface area contributed by atoms with Gasteiger partial charge in [0.1, 0.15) is 4.90 Å². The first-order valence-corrected chi connectivity index (χ1v) is 8.38. The van der Waals surface area contributed by atoms with Crippen molar-refractivity contribution in [2.75, 3.05) is 19.6 Å². The van der Waals surface area contributed by atoms with Crippen LogP contribution in [0, 0.1) is 0 Å². The van der Waals surface area contributed by atoms with Gasteiger partial charge in [0.05, 0.1) is 19.2 Å². The molecule has 0 saturated carbocycles. The van der Waals surface area contributed by atoms with E-state index in [0.717, 1.165) is 0 Å². The zero-order valence-corrected chi connectivity index (χ0v) is 14.7. The molecule has 13 heteroatoms. The molecular formula is C12H14ClN7O4S. The van der Waals surface area contributed by atoms with E-state index in [-0.39, 0.29) is 27.9 Å². The van der Waals surface area contributed by atoms with E-state index in [9.17, 15) is 8.42 Å². The van der Waals surface area contributed by atoms with Crippen molar-refractivity contribution in [2.45, 2.75) is 4.90 Å². The van der Waals surface area contributed by atoms with Gasteiger partial charge in [0.15, 0.2) is 0 Å². The van der Waals surface area contributed by atoms with Crippen molar-refractivity contribution < 1.29 is 17.9 Å². The normalized spacial score (nSPS) is 11.7. The van der Waals surface area contributed by atoms with E-state index in [1.54, 1.807) is 6.07 Å². The SMILES string of the molecule is COc1nc(NN/C(N)=N\S(=O)(=O)c2ccccc2Cl)nc(OC)n1. The third-order valence-electron chi connectivity index (χ3n) is 2.59. The zero-order valence-electron chi connectivity index (χ0n) is 13.1. The van der Waals surface area contributed by atoms with Crippen molar-refractivity contribution >= 4 is 33.5 Å². The van der Waals surface area contributed by atoms with Crippen LogP contribution in [0.1, 0.15) is 0 Å². The maximum atomic E-state index is 12.2. The number of ether oxygens (including phenoxy) is 2. The molecule has 2 aromatic rings. The molecule has 0 aliphatic heterocycles. The Morgan fingerprint density at radius 1 is 1.16 bits per heavy atom. The van der Waals surface area contributed by atoms with Crippen molar-refractivity contribution in [1.82, 2.24) is 20.4 Å². The van der Waals surface area contributed by atoms with Crippen LogP contribution < -0.4 is 26.1 Å². The number of hydrogen-bond donors (Lipinski definition) is 3. The molecule has 1 aromatic carbocycles. The van der Waals surface area contributed by atoms with Gasteiger partial charge in [-0.2, -0.15) is 18.4 Å². The highest BCUT2D eigenvalue weighted by molar-refractivity contribution is 7.90. The van der Waals surface area contributed by atoms with E-state index in [4.69, 9.17) is 26.8 Å². The Bertz CT molecular complexity index is 869. The van der Waals surface area contributed by atoms with E-state index in [0.29, 0.717) is 0 Å². The number of nitrogens with zero attached hydrogens (tertiary/aromatic N) is 4. The van der Waals surface area contributed by atoms with E-state index < -0.39 is 16.0 Å². The molecule has 0 atom stereocenters. The summed E-state index contributed by atoms with van der Waals surface area (Å²) in [6.07, 6.45) is 0.